The standard InChI is InChI=1S/C23H31ClN4O/c1-25-15-17-8-5-13-28(17)21-12-9-18-20(26-21)11-10-19(24)23(18)27-22(29)14-16-6-3-2-4-7-16/h9-12,16-17,25H,2-8,13-15H2,1H3,(H,27,29). The molecule has 1 aliphatic carbocycles. The van der Waals surface area contributed by atoms with Crippen molar-refractivity contribution in [3.8, 4) is 0 Å². The minimum absolute atomic E-state index is 0.0593. The molecule has 2 aliphatic rings. The molecule has 1 saturated carbocycles. The van der Waals surface area contributed by atoms with Crippen LogP contribution in [0.3, 0.4) is 0 Å². The minimum atomic E-state index is 0.0593. The fourth-order valence-electron chi connectivity index (χ4n) is 4.88. The molecule has 1 saturated heterocycles. The SMILES string of the molecule is CNCC1CCCN1c1ccc2c(NC(=O)CC3CCCCC3)c(Cl)ccc2n1. The Hall–Kier alpha value is -1.85. The summed E-state index contributed by atoms with van der Waals surface area (Å²) in [4.78, 5) is 19.9. The van der Waals surface area contributed by atoms with Gasteiger partial charge in [-0.15, -0.1) is 0 Å². The van der Waals surface area contributed by atoms with Crippen molar-refractivity contribution in [3.05, 3.63) is 29.3 Å². The molecular weight excluding hydrogens is 384 g/mol. The first-order chi connectivity index (χ1) is 14.2. The van der Waals surface area contributed by atoms with Crippen LogP contribution in [-0.4, -0.2) is 37.1 Å². The predicted octanol–water partition coefficient (Wildman–Crippen LogP) is 4.99. The highest BCUT2D eigenvalue weighted by Gasteiger charge is 2.25. The number of halogens is 1. The number of likely N-dealkylation sites (N-methyl/N-ethyl adjacent to an activating group) is 1. The van der Waals surface area contributed by atoms with Crippen molar-refractivity contribution in [1.29, 1.82) is 0 Å². The Labute approximate surface area is 178 Å². The highest BCUT2D eigenvalue weighted by molar-refractivity contribution is 6.35. The molecule has 2 fully saturated rings. The Bertz CT molecular complexity index is 865. The number of anilines is 2. The van der Waals surface area contributed by atoms with Crippen molar-refractivity contribution in [3.63, 3.8) is 0 Å². The largest absolute Gasteiger partial charge is 0.352 e. The Morgan fingerprint density at radius 3 is 2.76 bits per heavy atom. The lowest BCUT2D eigenvalue weighted by molar-refractivity contribution is -0.117. The van der Waals surface area contributed by atoms with E-state index in [1.165, 1.54) is 32.1 Å². The Kier molecular flexibility index (Phi) is 6.56. The van der Waals surface area contributed by atoms with Crippen LogP contribution < -0.4 is 15.5 Å². The van der Waals surface area contributed by atoms with E-state index in [1.807, 2.05) is 19.2 Å². The fourth-order valence-corrected chi connectivity index (χ4v) is 5.09. The fraction of sp³-hybridized carbons (Fsp3) is 0.565. The van der Waals surface area contributed by atoms with Crippen LogP contribution >= 0.6 is 11.6 Å². The van der Waals surface area contributed by atoms with Crippen molar-refractivity contribution >= 4 is 39.9 Å². The first-order valence-corrected chi connectivity index (χ1v) is 11.3. The maximum atomic E-state index is 12.7. The lowest BCUT2D eigenvalue weighted by Gasteiger charge is -2.26. The van der Waals surface area contributed by atoms with Crippen molar-refractivity contribution in [2.75, 3.05) is 30.4 Å². The van der Waals surface area contributed by atoms with Crippen LogP contribution in [0.25, 0.3) is 10.9 Å². The van der Waals surface area contributed by atoms with Crippen LogP contribution in [0.5, 0.6) is 0 Å². The van der Waals surface area contributed by atoms with E-state index in [-0.39, 0.29) is 5.91 Å². The zero-order valence-corrected chi connectivity index (χ0v) is 18.0. The molecule has 0 spiro atoms. The van der Waals surface area contributed by atoms with Crippen LogP contribution in [-0.2, 0) is 4.79 Å². The summed E-state index contributed by atoms with van der Waals surface area (Å²) in [6, 6.07) is 8.37. The van der Waals surface area contributed by atoms with Crippen LogP contribution in [0.4, 0.5) is 11.5 Å². The molecule has 4 rings (SSSR count). The zero-order valence-electron chi connectivity index (χ0n) is 17.2. The van der Waals surface area contributed by atoms with E-state index < -0.39 is 0 Å². The lowest BCUT2D eigenvalue weighted by Crippen LogP contribution is -2.37. The lowest BCUT2D eigenvalue weighted by atomic mass is 9.87. The van der Waals surface area contributed by atoms with Crippen molar-refractivity contribution < 1.29 is 4.79 Å². The Morgan fingerprint density at radius 2 is 1.97 bits per heavy atom. The second-order valence-electron chi connectivity index (χ2n) is 8.46. The van der Waals surface area contributed by atoms with Gasteiger partial charge in [-0.1, -0.05) is 30.9 Å². The number of hydrogen-bond acceptors (Lipinski definition) is 4. The molecule has 0 bridgehead atoms. The number of amides is 1. The van der Waals surface area contributed by atoms with E-state index in [9.17, 15) is 4.79 Å². The van der Waals surface area contributed by atoms with Gasteiger partial charge in [0.25, 0.3) is 0 Å². The van der Waals surface area contributed by atoms with Gasteiger partial charge >= 0.3 is 0 Å². The number of aromatic nitrogens is 1. The Balaban J connectivity index is 1.54. The third-order valence-corrected chi connectivity index (χ3v) is 6.70. The topological polar surface area (TPSA) is 57.3 Å². The van der Waals surface area contributed by atoms with Gasteiger partial charge in [0, 0.05) is 30.9 Å². The van der Waals surface area contributed by atoms with Crippen LogP contribution in [0.2, 0.25) is 5.02 Å². The van der Waals surface area contributed by atoms with Gasteiger partial charge < -0.3 is 15.5 Å². The smallest absolute Gasteiger partial charge is 0.224 e. The number of hydrogen-bond donors (Lipinski definition) is 2. The summed E-state index contributed by atoms with van der Waals surface area (Å²) in [5.41, 5.74) is 1.56. The van der Waals surface area contributed by atoms with Gasteiger partial charge in [-0.25, -0.2) is 4.98 Å². The van der Waals surface area contributed by atoms with Crippen LogP contribution in [0.15, 0.2) is 24.3 Å². The molecular formula is C23H31ClN4O. The highest BCUT2D eigenvalue weighted by Crippen LogP contribution is 2.34. The molecule has 2 N–H and O–H groups in total. The molecule has 1 aromatic heterocycles. The second-order valence-corrected chi connectivity index (χ2v) is 8.87. The van der Waals surface area contributed by atoms with Crippen molar-refractivity contribution in [1.82, 2.24) is 10.3 Å². The maximum absolute atomic E-state index is 12.7. The van der Waals surface area contributed by atoms with E-state index in [0.29, 0.717) is 29.1 Å². The van der Waals surface area contributed by atoms with Gasteiger partial charge in [-0.3, -0.25) is 4.79 Å². The molecule has 6 heteroatoms. The summed E-state index contributed by atoms with van der Waals surface area (Å²) >= 11 is 6.46. The molecule has 1 atom stereocenters. The van der Waals surface area contributed by atoms with E-state index in [4.69, 9.17) is 16.6 Å². The molecule has 0 radical (unpaired) electrons. The first kappa shape index (κ1) is 20.4. The molecule has 1 aromatic carbocycles. The second kappa shape index (κ2) is 9.31. The molecule has 156 valence electrons. The molecule has 1 aliphatic heterocycles. The molecule has 1 unspecified atom stereocenters. The number of benzene rings is 1. The van der Waals surface area contributed by atoms with E-state index in [2.05, 4.69) is 27.7 Å². The quantitative estimate of drug-likeness (QED) is 0.699. The van der Waals surface area contributed by atoms with Gasteiger partial charge in [-0.05, 0) is 62.9 Å². The summed E-state index contributed by atoms with van der Waals surface area (Å²) < 4.78 is 0. The van der Waals surface area contributed by atoms with Crippen molar-refractivity contribution in [2.24, 2.45) is 5.92 Å². The molecule has 29 heavy (non-hydrogen) atoms. The Morgan fingerprint density at radius 1 is 1.14 bits per heavy atom. The summed E-state index contributed by atoms with van der Waals surface area (Å²) in [5.74, 6) is 1.56. The number of fused-ring (bicyclic) bond motifs is 1. The summed E-state index contributed by atoms with van der Waals surface area (Å²) in [6.07, 6.45) is 9.05. The predicted molar refractivity (Wildman–Crippen MR) is 121 cm³/mol. The van der Waals surface area contributed by atoms with Gasteiger partial charge in [0.2, 0.25) is 5.91 Å². The summed E-state index contributed by atoms with van der Waals surface area (Å²) in [5, 5.41) is 7.84. The minimum Gasteiger partial charge on any atom is -0.352 e. The summed E-state index contributed by atoms with van der Waals surface area (Å²) in [7, 11) is 1.99. The number of pyridine rings is 1. The normalized spacial score (nSPS) is 20.3. The van der Waals surface area contributed by atoms with Gasteiger partial charge in [0.05, 0.1) is 16.2 Å². The van der Waals surface area contributed by atoms with Crippen molar-refractivity contribution in [2.45, 2.75) is 57.4 Å². The zero-order chi connectivity index (χ0) is 20.2. The van der Waals surface area contributed by atoms with Crippen LogP contribution in [0, 0.1) is 5.92 Å². The first-order valence-electron chi connectivity index (χ1n) is 11.0. The number of nitrogens with one attached hydrogen (secondary N) is 2. The molecule has 5 nitrogen and oxygen atoms in total. The number of rotatable bonds is 6. The summed E-state index contributed by atoms with van der Waals surface area (Å²) in [6.45, 7) is 1.99. The average Bonchev–Trinajstić information content (AvgIpc) is 3.19. The number of carbonyl (C=O) groups is 1. The monoisotopic (exact) mass is 414 g/mol. The van der Waals surface area contributed by atoms with E-state index in [1.54, 1.807) is 0 Å². The van der Waals surface area contributed by atoms with Gasteiger partial charge in [0.1, 0.15) is 5.82 Å². The molecule has 1 amide bonds. The van der Waals surface area contributed by atoms with Gasteiger partial charge in [0.15, 0.2) is 0 Å². The number of nitrogens with zero attached hydrogens (tertiary/aromatic N) is 2. The van der Waals surface area contributed by atoms with Gasteiger partial charge in [-0.2, -0.15) is 0 Å². The third kappa shape index (κ3) is 4.67. The highest BCUT2D eigenvalue weighted by atomic mass is 35.5. The molecule has 2 aromatic rings. The third-order valence-electron chi connectivity index (χ3n) is 6.38. The van der Waals surface area contributed by atoms with Crippen LogP contribution in [0.1, 0.15) is 51.4 Å². The van der Waals surface area contributed by atoms with E-state index in [0.717, 1.165) is 42.7 Å². The average molecular weight is 415 g/mol. The number of carbonyl (C=O) groups excluding carboxylic acids is 1. The maximum Gasteiger partial charge on any atom is 0.224 e. The van der Waals surface area contributed by atoms with E-state index >= 15 is 0 Å². The molecule has 2 heterocycles.